The summed E-state index contributed by atoms with van der Waals surface area (Å²) < 4.78 is 5.49. The van der Waals surface area contributed by atoms with Crippen molar-refractivity contribution in [3.8, 4) is 11.5 Å². The van der Waals surface area contributed by atoms with E-state index in [1.54, 1.807) is 36.4 Å². The monoisotopic (exact) mass is 248 g/mol. The highest BCUT2D eigenvalue weighted by molar-refractivity contribution is 6.32. The van der Waals surface area contributed by atoms with Crippen LogP contribution in [0.15, 0.2) is 48.5 Å². The van der Waals surface area contributed by atoms with Crippen molar-refractivity contribution in [1.82, 2.24) is 0 Å². The molecule has 2 rings (SSSR count). The summed E-state index contributed by atoms with van der Waals surface area (Å²) in [4.78, 5) is 11.0. The molecule has 0 aliphatic carbocycles. The lowest BCUT2D eigenvalue weighted by molar-refractivity contribution is 0.0694. The zero-order valence-corrected chi connectivity index (χ0v) is 9.52. The van der Waals surface area contributed by atoms with Crippen LogP contribution in [-0.2, 0) is 0 Å². The fourth-order valence-electron chi connectivity index (χ4n) is 1.39. The SMILES string of the molecule is O=C(O)c1cccc(Cl)c1Oc1ccccc1. The van der Waals surface area contributed by atoms with Crippen LogP contribution in [0.25, 0.3) is 0 Å². The lowest BCUT2D eigenvalue weighted by atomic mass is 10.2. The number of carboxylic acid groups (broad SMARTS) is 1. The van der Waals surface area contributed by atoms with E-state index < -0.39 is 5.97 Å². The second-order valence-corrected chi connectivity index (χ2v) is 3.74. The van der Waals surface area contributed by atoms with Gasteiger partial charge in [-0.15, -0.1) is 0 Å². The standard InChI is InChI=1S/C13H9ClO3/c14-11-8-4-7-10(13(15)16)12(11)17-9-5-2-1-3-6-9/h1-8H,(H,15,16). The van der Waals surface area contributed by atoms with Gasteiger partial charge in [-0.1, -0.05) is 35.9 Å². The molecule has 0 spiro atoms. The Morgan fingerprint density at radius 2 is 1.76 bits per heavy atom. The second kappa shape index (κ2) is 4.89. The molecule has 0 saturated heterocycles. The normalized spacial score (nSPS) is 9.94. The summed E-state index contributed by atoms with van der Waals surface area (Å²) in [6.07, 6.45) is 0. The topological polar surface area (TPSA) is 46.5 Å². The van der Waals surface area contributed by atoms with Crippen LogP contribution < -0.4 is 4.74 Å². The fourth-order valence-corrected chi connectivity index (χ4v) is 1.60. The number of ether oxygens (including phenoxy) is 1. The van der Waals surface area contributed by atoms with Crippen molar-refractivity contribution in [2.24, 2.45) is 0 Å². The van der Waals surface area contributed by atoms with Gasteiger partial charge in [-0.05, 0) is 24.3 Å². The van der Waals surface area contributed by atoms with Crippen LogP contribution >= 0.6 is 11.6 Å². The third-order valence-corrected chi connectivity index (χ3v) is 2.46. The van der Waals surface area contributed by atoms with Gasteiger partial charge in [0.2, 0.25) is 0 Å². The number of para-hydroxylation sites is 2. The summed E-state index contributed by atoms with van der Waals surface area (Å²) in [5.41, 5.74) is 0.0429. The highest BCUT2D eigenvalue weighted by Gasteiger charge is 2.14. The molecule has 0 amide bonds. The molecule has 0 unspecified atom stereocenters. The summed E-state index contributed by atoms with van der Waals surface area (Å²) in [5, 5.41) is 9.30. The maximum atomic E-state index is 11.0. The predicted octanol–water partition coefficient (Wildman–Crippen LogP) is 3.83. The molecule has 0 heterocycles. The lowest BCUT2D eigenvalue weighted by Crippen LogP contribution is -2.00. The molecule has 1 N–H and O–H groups in total. The molecular formula is C13H9ClO3. The van der Waals surface area contributed by atoms with Crippen LogP contribution in [-0.4, -0.2) is 11.1 Å². The van der Waals surface area contributed by atoms with Crippen molar-refractivity contribution >= 4 is 17.6 Å². The molecule has 0 saturated carbocycles. The Labute approximate surface area is 103 Å². The van der Waals surface area contributed by atoms with E-state index in [9.17, 15) is 4.79 Å². The number of aromatic carboxylic acids is 1. The van der Waals surface area contributed by atoms with Gasteiger partial charge in [-0.2, -0.15) is 0 Å². The van der Waals surface area contributed by atoms with Gasteiger partial charge in [0.25, 0.3) is 0 Å². The van der Waals surface area contributed by atoms with Crippen molar-refractivity contribution in [1.29, 1.82) is 0 Å². The average molecular weight is 249 g/mol. The van der Waals surface area contributed by atoms with Crippen LogP contribution in [0.4, 0.5) is 0 Å². The van der Waals surface area contributed by atoms with Crippen molar-refractivity contribution < 1.29 is 14.6 Å². The minimum absolute atomic E-state index is 0.0429. The molecular weight excluding hydrogens is 240 g/mol. The highest BCUT2D eigenvalue weighted by atomic mass is 35.5. The van der Waals surface area contributed by atoms with E-state index in [0.29, 0.717) is 5.75 Å². The largest absolute Gasteiger partial charge is 0.478 e. The molecule has 3 nitrogen and oxygen atoms in total. The van der Waals surface area contributed by atoms with Crippen molar-refractivity contribution in [2.75, 3.05) is 0 Å². The van der Waals surface area contributed by atoms with Crippen LogP contribution in [0.1, 0.15) is 10.4 Å². The van der Waals surface area contributed by atoms with Gasteiger partial charge in [0.05, 0.1) is 5.02 Å². The number of carbonyl (C=O) groups is 1. The predicted molar refractivity (Wildman–Crippen MR) is 64.9 cm³/mol. The van der Waals surface area contributed by atoms with E-state index in [-0.39, 0.29) is 16.3 Å². The maximum Gasteiger partial charge on any atom is 0.339 e. The summed E-state index contributed by atoms with van der Waals surface area (Å²) >= 11 is 5.94. The Morgan fingerprint density at radius 1 is 1.06 bits per heavy atom. The Bertz CT molecular complexity index is 538. The molecule has 4 heteroatoms. The van der Waals surface area contributed by atoms with E-state index in [1.807, 2.05) is 6.07 Å². The smallest absolute Gasteiger partial charge is 0.339 e. The molecule has 2 aromatic carbocycles. The Balaban J connectivity index is 2.41. The zero-order chi connectivity index (χ0) is 12.3. The molecule has 86 valence electrons. The fraction of sp³-hybridized carbons (Fsp3) is 0. The summed E-state index contributed by atoms with van der Waals surface area (Å²) in [7, 11) is 0. The van der Waals surface area contributed by atoms with Gasteiger partial charge in [0, 0.05) is 0 Å². The van der Waals surface area contributed by atoms with Gasteiger partial charge in [-0.25, -0.2) is 4.79 Å². The van der Waals surface area contributed by atoms with Gasteiger partial charge in [-0.3, -0.25) is 0 Å². The number of hydrogen-bond acceptors (Lipinski definition) is 2. The van der Waals surface area contributed by atoms with Crippen molar-refractivity contribution in [3.05, 3.63) is 59.1 Å². The molecule has 0 atom stereocenters. The summed E-state index contributed by atoms with van der Waals surface area (Å²) in [6.45, 7) is 0. The number of halogens is 1. The zero-order valence-electron chi connectivity index (χ0n) is 8.76. The minimum Gasteiger partial charge on any atom is -0.478 e. The minimum atomic E-state index is -1.07. The molecule has 0 aliphatic rings. The van der Waals surface area contributed by atoms with Gasteiger partial charge in [0.15, 0.2) is 5.75 Å². The summed E-state index contributed by atoms with van der Waals surface area (Å²) in [6, 6.07) is 13.5. The number of hydrogen-bond donors (Lipinski definition) is 1. The van der Waals surface area contributed by atoms with Crippen LogP contribution in [0.2, 0.25) is 5.02 Å². The molecule has 0 bridgehead atoms. The lowest BCUT2D eigenvalue weighted by Gasteiger charge is -2.09. The van der Waals surface area contributed by atoms with Crippen LogP contribution in [0, 0.1) is 0 Å². The quantitative estimate of drug-likeness (QED) is 0.898. The number of carboxylic acids is 1. The molecule has 0 radical (unpaired) electrons. The number of rotatable bonds is 3. The van der Waals surface area contributed by atoms with Crippen molar-refractivity contribution in [3.63, 3.8) is 0 Å². The average Bonchev–Trinajstić information content (AvgIpc) is 2.33. The Morgan fingerprint density at radius 3 is 2.41 bits per heavy atom. The van der Waals surface area contributed by atoms with E-state index in [2.05, 4.69) is 0 Å². The number of benzene rings is 2. The molecule has 17 heavy (non-hydrogen) atoms. The van der Waals surface area contributed by atoms with Gasteiger partial charge >= 0.3 is 5.97 Å². The second-order valence-electron chi connectivity index (χ2n) is 3.34. The first-order valence-electron chi connectivity index (χ1n) is 4.93. The van der Waals surface area contributed by atoms with Gasteiger partial charge < -0.3 is 9.84 Å². The first-order valence-corrected chi connectivity index (χ1v) is 5.31. The van der Waals surface area contributed by atoms with E-state index in [1.165, 1.54) is 6.07 Å². The Kier molecular flexibility index (Phi) is 3.30. The van der Waals surface area contributed by atoms with E-state index >= 15 is 0 Å². The van der Waals surface area contributed by atoms with E-state index in [0.717, 1.165) is 0 Å². The molecule has 2 aromatic rings. The Hall–Kier alpha value is -2.00. The van der Waals surface area contributed by atoms with Crippen LogP contribution in [0.5, 0.6) is 11.5 Å². The van der Waals surface area contributed by atoms with E-state index in [4.69, 9.17) is 21.4 Å². The third kappa shape index (κ3) is 2.57. The highest BCUT2D eigenvalue weighted by Crippen LogP contribution is 2.32. The molecule has 0 aliphatic heterocycles. The van der Waals surface area contributed by atoms with Crippen LogP contribution in [0.3, 0.4) is 0 Å². The maximum absolute atomic E-state index is 11.0. The molecule has 0 aromatic heterocycles. The first kappa shape index (κ1) is 11.5. The van der Waals surface area contributed by atoms with Crippen molar-refractivity contribution in [2.45, 2.75) is 0 Å². The summed E-state index contributed by atoms with van der Waals surface area (Å²) in [5.74, 6) is -0.366. The van der Waals surface area contributed by atoms with Gasteiger partial charge in [0.1, 0.15) is 11.3 Å². The third-order valence-electron chi connectivity index (χ3n) is 2.16. The first-order chi connectivity index (χ1) is 8.18. The molecule has 0 fully saturated rings.